The molecule has 2 nitrogen and oxygen atoms in total. The third kappa shape index (κ3) is 2.33. The maximum Gasteiger partial charge on any atom is 0.223 e. The van der Waals surface area contributed by atoms with Gasteiger partial charge in [-0.25, -0.2) is 9.97 Å². The standard InChI is InChI=1S/C23H17ClN2/c1-14-10-12-19(18-9-5-4-7-16(14)18)22-21-17-8-3-2-6-15(17)11-13-20(21)25-23(24)26-22/h2-9,11-14H,10H2,1H3. The first-order valence-electron chi connectivity index (χ1n) is 8.87. The van der Waals surface area contributed by atoms with Gasteiger partial charge in [0.25, 0.3) is 0 Å². The fourth-order valence-electron chi connectivity index (χ4n) is 4.00. The number of hydrogen-bond donors (Lipinski definition) is 0. The Morgan fingerprint density at radius 3 is 2.65 bits per heavy atom. The first-order valence-corrected chi connectivity index (χ1v) is 9.25. The lowest BCUT2D eigenvalue weighted by atomic mass is 9.82. The zero-order valence-electron chi connectivity index (χ0n) is 14.4. The topological polar surface area (TPSA) is 25.8 Å². The van der Waals surface area contributed by atoms with Gasteiger partial charge in [0.05, 0.1) is 11.2 Å². The van der Waals surface area contributed by atoms with Crippen molar-refractivity contribution in [1.82, 2.24) is 9.97 Å². The zero-order chi connectivity index (χ0) is 17.7. The van der Waals surface area contributed by atoms with E-state index in [4.69, 9.17) is 11.6 Å². The highest BCUT2D eigenvalue weighted by Crippen LogP contribution is 2.40. The summed E-state index contributed by atoms with van der Waals surface area (Å²) < 4.78 is 0. The quantitative estimate of drug-likeness (QED) is 0.292. The van der Waals surface area contributed by atoms with Crippen molar-refractivity contribution in [2.45, 2.75) is 19.3 Å². The van der Waals surface area contributed by atoms with Crippen LogP contribution in [-0.2, 0) is 0 Å². The van der Waals surface area contributed by atoms with E-state index in [1.54, 1.807) is 0 Å². The first-order chi connectivity index (χ1) is 12.7. The van der Waals surface area contributed by atoms with Gasteiger partial charge in [0.2, 0.25) is 5.28 Å². The largest absolute Gasteiger partial charge is 0.223 e. The molecule has 1 atom stereocenters. The van der Waals surface area contributed by atoms with Gasteiger partial charge in [0.15, 0.2) is 0 Å². The molecule has 0 N–H and O–H groups in total. The van der Waals surface area contributed by atoms with E-state index in [-0.39, 0.29) is 0 Å². The van der Waals surface area contributed by atoms with Gasteiger partial charge in [0, 0.05) is 11.0 Å². The molecule has 0 aliphatic heterocycles. The van der Waals surface area contributed by atoms with Crippen LogP contribution in [0.15, 0.2) is 66.7 Å². The normalized spacial score (nSPS) is 16.5. The highest BCUT2D eigenvalue weighted by Gasteiger charge is 2.22. The molecule has 1 aliphatic carbocycles. The van der Waals surface area contributed by atoms with Gasteiger partial charge >= 0.3 is 0 Å². The van der Waals surface area contributed by atoms with E-state index < -0.39 is 0 Å². The highest BCUT2D eigenvalue weighted by molar-refractivity contribution is 6.29. The van der Waals surface area contributed by atoms with E-state index >= 15 is 0 Å². The second kappa shape index (κ2) is 5.93. The molecule has 1 heterocycles. The average molecular weight is 357 g/mol. The Hall–Kier alpha value is -2.71. The van der Waals surface area contributed by atoms with Crippen LogP contribution in [0.25, 0.3) is 27.2 Å². The van der Waals surface area contributed by atoms with Crippen molar-refractivity contribution >= 4 is 38.8 Å². The molecule has 1 aromatic heterocycles. The summed E-state index contributed by atoms with van der Waals surface area (Å²) in [5.41, 5.74) is 5.58. The molecule has 3 heteroatoms. The van der Waals surface area contributed by atoms with Crippen LogP contribution < -0.4 is 0 Å². The van der Waals surface area contributed by atoms with Gasteiger partial charge in [-0.2, -0.15) is 0 Å². The second-order valence-electron chi connectivity index (χ2n) is 6.86. The Morgan fingerprint density at radius 2 is 1.73 bits per heavy atom. The van der Waals surface area contributed by atoms with Gasteiger partial charge in [-0.05, 0) is 51.9 Å². The Kier molecular flexibility index (Phi) is 3.54. The van der Waals surface area contributed by atoms with Crippen molar-refractivity contribution < 1.29 is 0 Å². The fourth-order valence-corrected chi connectivity index (χ4v) is 4.17. The minimum Gasteiger partial charge on any atom is -0.218 e. The Labute approximate surface area is 157 Å². The van der Waals surface area contributed by atoms with Crippen LogP contribution in [0.2, 0.25) is 5.28 Å². The number of fused-ring (bicyclic) bond motifs is 4. The lowest BCUT2D eigenvalue weighted by Gasteiger charge is -2.23. The van der Waals surface area contributed by atoms with E-state index in [0.29, 0.717) is 11.2 Å². The number of rotatable bonds is 1. The summed E-state index contributed by atoms with van der Waals surface area (Å²) in [4.78, 5) is 9.16. The van der Waals surface area contributed by atoms with Gasteiger partial charge in [-0.15, -0.1) is 0 Å². The van der Waals surface area contributed by atoms with Gasteiger partial charge in [0.1, 0.15) is 0 Å². The summed E-state index contributed by atoms with van der Waals surface area (Å²) >= 11 is 6.30. The van der Waals surface area contributed by atoms with Crippen LogP contribution in [0.3, 0.4) is 0 Å². The summed E-state index contributed by atoms with van der Waals surface area (Å²) in [5.74, 6) is 0.510. The monoisotopic (exact) mass is 356 g/mol. The number of halogens is 1. The van der Waals surface area contributed by atoms with Crippen molar-refractivity contribution in [2.24, 2.45) is 0 Å². The molecule has 0 bridgehead atoms. The third-order valence-electron chi connectivity index (χ3n) is 5.27. The first kappa shape index (κ1) is 15.5. The Balaban J connectivity index is 1.89. The molecule has 0 saturated carbocycles. The maximum atomic E-state index is 6.30. The smallest absolute Gasteiger partial charge is 0.218 e. The Bertz CT molecular complexity index is 1190. The number of hydrogen-bond acceptors (Lipinski definition) is 2. The van der Waals surface area contributed by atoms with Crippen molar-refractivity contribution in [3.8, 4) is 0 Å². The Morgan fingerprint density at radius 1 is 0.923 bits per heavy atom. The lowest BCUT2D eigenvalue weighted by Crippen LogP contribution is -2.07. The van der Waals surface area contributed by atoms with Gasteiger partial charge in [-0.3, -0.25) is 0 Å². The molecular weight excluding hydrogens is 340 g/mol. The van der Waals surface area contributed by atoms with E-state index in [2.05, 4.69) is 77.6 Å². The molecule has 0 radical (unpaired) electrons. The minimum absolute atomic E-state index is 0.291. The summed E-state index contributed by atoms with van der Waals surface area (Å²) in [7, 11) is 0. The number of allylic oxidation sites excluding steroid dienone is 1. The molecule has 126 valence electrons. The highest BCUT2D eigenvalue weighted by atomic mass is 35.5. The molecule has 0 fully saturated rings. The van der Waals surface area contributed by atoms with Crippen molar-refractivity contribution in [2.75, 3.05) is 0 Å². The lowest BCUT2D eigenvalue weighted by molar-refractivity contribution is 0.768. The van der Waals surface area contributed by atoms with Crippen molar-refractivity contribution in [3.63, 3.8) is 0 Å². The van der Waals surface area contributed by atoms with Crippen LogP contribution in [0, 0.1) is 0 Å². The molecule has 26 heavy (non-hydrogen) atoms. The predicted octanol–water partition coefficient (Wildman–Crippen LogP) is 6.38. The minimum atomic E-state index is 0.291. The predicted molar refractivity (Wildman–Crippen MR) is 109 cm³/mol. The molecule has 0 spiro atoms. The SMILES string of the molecule is CC1CC=C(c2nc(Cl)nc3ccc4ccccc4c23)c2ccccc21. The molecule has 4 aromatic rings. The van der Waals surface area contributed by atoms with E-state index in [9.17, 15) is 0 Å². The number of benzene rings is 3. The molecule has 1 unspecified atom stereocenters. The van der Waals surface area contributed by atoms with Gasteiger partial charge < -0.3 is 0 Å². The number of nitrogens with zero attached hydrogens (tertiary/aromatic N) is 2. The summed E-state index contributed by atoms with van der Waals surface area (Å²) in [6, 6.07) is 21.1. The number of aromatic nitrogens is 2. The van der Waals surface area contributed by atoms with E-state index in [1.165, 1.54) is 16.5 Å². The van der Waals surface area contributed by atoms with Crippen molar-refractivity contribution in [1.29, 1.82) is 0 Å². The van der Waals surface area contributed by atoms with Gasteiger partial charge in [-0.1, -0.05) is 67.6 Å². The van der Waals surface area contributed by atoms with Crippen LogP contribution in [0.5, 0.6) is 0 Å². The fraction of sp³-hybridized carbons (Fsp3) is 0.130. The van der Waals surface area contributed by atoms with E-state index in [0.717, 1.165) is 34.0 Å². The molecule has 3 aromatic carbocycles. The van der Waals surface area contributed by atoms with Crippen LogP contribution in [0.4, 0.5) is 0 Å². The third-order valence-corrected chi connectivity index (χ3v) is 5.44. The summed E-state index contributed by atoms with van der Waals surface area (Å²) in [5, 5.41) is 3.71. The second-order valence-corrected chi connectivity index (χ2v) is 7.20. The van der Waals surface area contributed by atoms with Crippen LogP contribution in [-0.4, -0.2) is 9.97 Å². The van der Waals surface area contributed by atoms with Crippen LogP contribution in [0.1, 0.15) is 36.1 Å². The van der Waals surface area contributed by atoms with Crippen molar-refractivity contribution in [3.05, 3.63) is 88.8 Å². The molecule has 1 aliphatic rings. The zero-order valence-corrected chi connectivity index (χ0v) is 15.2. The average Bonchev–Trinajstić information content (AvgIpc) is 2.67. The summed E-state index contributed by atoms with van der Waals surface area (Å²) in [6.07, 6.45) is 3.30. The van der Waals surface area contributed by atoms with E-state index in [1.807, 2.05) is 6.07 Å². The molecule has 5 rings (SSSR count). The maximum absolute atomic E-state index is 6.30. The van der Waals surface area contributed by atoms with Crippen LogP contribution >= 0.6 is 11.6 Å². The summed E-state index contributed by atoms with van der Waals surface area (Å²) in [6.45, 7) is 2.27. The molecule has 0 saturated heterocycles. The molecular formula is C23H17ClN2. The molecule has 0 amide bonds.